The average molecular weight is 127 g/mol. The maximum absolute atomic E-state index is 9.87. The van der Waals surface area contributed by atoms with Crippen LogP contribution in [-0.4, -0.2) is 24.2 Å². The molecule has 4 heteroatoms. The largest absolute Gasteiger partial charge is 1.00 e. The maximum Gasteiger partial charge on any atom is 1.00 e. The minimum atomic E-state index is -0.817. The van der Waals surface area contributed by atoms with Gasteiger partial charge >= 0.3 is 35.5 Å². The molecule has 0 amide bonds. The first-order chi connectivity index (χ1) is 3.18. The van der Waals surface area contributed by atoms with E-state index in [1.54, 1.807) is 14.0 Å². The van der Waals surface area contributed by atoms with Gasteiger partial charge in [-0.25, -0.2) is 0 Å². The van der Waals surface area contributed by atoms with Crippen molar-refractivity contribution in [3.05, 3.63) is 0 Å². The van der Waals surface area contributed by atoms with E-state index in [1.807, 2.05) is 0 Å². The fourth-order valence-corrected chi connectivity index (χ4v) is 0.123. The minimum Gasteiger partial charge on any atom is -1.00 e. The number of nitrogens with one attached hydrogen (secondary N) is 1. The number of likely N-dealkylation sites (N-methyl/N-ethyl adjacent to an activating group) is 1. The second-order valence-electron chi connectivity index (χ2n) is 1.35. The number of hydrogen-bond acceptors (Lipinski definition) is 2. The average Bonchev–Trinajstić information content (AvgIpc) is 1.65. The first-order valence-corrected chi connectivity index (χ1v) is 2.08. The zero-order valence-electron chi connectivity index (χ0n) is 6.43. The van der Waals surface area contributed by atoms with E-state index in [1.165, 1.54) is 0 Å². The molecule has 44 valence electrons. The van der Waals surface area contributed by atoms with Gasteiger partial charge in [-0.15, -0.1) is 0 Å². The number of carbonyl (C=O) groups is 1. The summed E-state index contributed by atoms with van der Waals surface area (Å²) in [5, 5.41) is 10.7. The van der Waals surface area contributed by atoms with Gasteiger partial charge in [0.2, 0.25) is 0 Å². The zero-order chi connectivity index (χ0) is 5.86. The first-order valence-electron chi connectivity index (χ1n) is 2.08. The minimum absolute atomic E-state index is 0. The SMILES string of the molecule is CNC(C)C(=O)O.[H-].[Na+]. The Morgan fingerprint density at radius 2 is 2.25 bits per heavy atom. The standard InChI is InChI=1S/C4H9NO2.Na.H/c1-3(5-2)4(6)7;;/h3,5H,1-2H3,(H,6,7);;/q;+1;-1. The molecule has 0 fully saturated rings. The van der Waals surface area contributed by atoms with Crippen molar-refractivity contribution in [3.63, 3.8) is 0 Å². The molecule has 8 heavy (non-hydrogen) atoms. The Kier molecular flexibility index (Phi) is 7.83. The van der Waals surface area contributed by atoms with Crippen molar-refractivity contribution in [2.24, 2.45) is 0 Å². The summed E-state index contributed by atoms with van der Waals surface area (Å²) in [6.45, 7) is 1.59. The van der Waals surface area contributed by atoms with Crippen molar-refractivity contribution < 1.29 is 40.9 Å². The van der Waals surface area contributed by atoms with E-state index < -0.39 is 12.0 Å². The molecule has 0 aliphatic rings. The summed E-state index contributed by atoms with van der Waals surface area (Å²) in [4.78, 5) is 9.87. The topological polar surface area (TPSA) is 49.3 Å². The molecule has 2 N–H and O–H groups in total. The van der Waals surface area contributed by atoms with Crippen LogP contribution in [0.5, 0.6) is 0 Å². The molecular weight excluding hydrogens is 117 g/mol. The van der Waals surface area contributed by atoms with Crippen molar-refractivity contribution >= 4 is 5.97 Å². The van der Waals surface area contributed by atoms with Gasteiger partial charge in [0, 0.05) is 0 Å². The van der Waals surface area contributed by atoms with Crippen LogP contribution in [0.15, 0.2) is 0 Å². The van der Waals surface area contributed by atoms with Gasteiger partial charge in [-0.3, -0.25) is 4.79 Å². The van der Waals surface area contributed by atoms with Crippen LogP contribution in [0.2, 0.25) is 0 Å². The Labute approximate surface area is 72.2 Å². The molecule has 1 atom stereocenters. The molecule has 0 bridgehead atoms. The number of aliphatic carboxylic acids is 1. The fraction of sp³-hybridized carbons (Fsp3) is 0.750. The Morgan fingerprint density at radius 1 is 1.88 bits per heavy atom. The third-order valence-electron chi connectivity index (χ3n) is 0.803. The number of rotatable bonds is 2. The van der Waals surface area contributed by atoms with Crippen molar-refractivity contribution in [3.8, 4) is 0 Å². The van der Waals surface area contributed by atoms with Gasteiger partial charge in [0.1, 0.15) is 6.04 Å². The van der Waals surface area contributed by atoms with Crippen LogP contribution in [0, 0.1) is 0 Å². The van der Waals surface area contributed by atoms with Crippen LogP contribution in [0.1, 0.15) is 8.35 Å². The molecule has 1 unspecified atom stereocenters. The van der Waals surface area contributed by atoms with Crippen LogP contribution < -0.4 is 34.9 Å². The number of carboxylic acids is 1. The van der Waals surface area contributed by atoms with Crippen LogP contribution in [0.25, 0.3) is 0 Å². The van der Waals surface area contributed by atoms with Gasteiger partial charge in [0.25, 0.3) is 0 Å². The molecule has 0 aromatic rings. The third kappa shape index (κ3) is 4.59. The van der Waals surface area contributed by atoms with E-state index in [-0.39, 0.29) is 31.0 Å². The Bertz CT molecular complexity index is 81.0. The predicted octanol–water partition coefficient (Wildman–Crippen LogP) is -3.20. The molecule has 3 nitrogen and oxygen atoms in total. The van der Waals surface area contributed by atoms with Gasteiger partial charge in [-0.2, -0.15) is 0 Å². The van der Waals surface area contributed by atoms with E-state index >= 15 is 0 Å². The Morgan fingerprint density at radius 3 is 2.25 bits per heavy atom. The normalized spacial score (nSPS) is 11.8. The van der Waals surface area contributed by atoms with Gasteiger partial charge in [-0.1, -0.05) is 0 Å². The molecule has 0 aliphatic carbocycles. The summed E-state index contributed by atoms with van der Waals surface area (Å²) in [6.07, 6.45) is 0. The molecule has 0 heterocycles. The second-order valence-corrected chi connectivity index (χ2v) is 1.35. The molecule has 0 radical (unpaired) electrons. The van der Waals surface area contributed by atoms with Gasteiger partial charge in [-0.05, 0) is 14.0 Å². The first kappa shape index (κ1) is 11.3. The molecule has 0 aromatic carbocycles. The van der Waals surface area contributed by atoms with Crippen LogP contribution >= 0.6 is 0 Å². The van der Waals surface area contributed by atoms with E-state index in [9.17, 15) is 4.79 Å². The van der Waals surface area contributed by atoms with E-state index in [4.69, 9.17) is 5.11 Å². The third-order valence-corrected chi connectivity index (χ3v) is 0.803. The summed E-state index contributed by atoms with van der Waals surface area (Å²) in [5.74, 6) is -0.817. The molecule has 0 saturated heterocycles. The molecule has 0 saturated carbocycles. The van der Waals surface area contributed by atoms with Gasteiger partial charge in [0.15, 0.2) is 0 Å². The van der Waals surface area contributed by atoms with E-state index in [0.717, 1.165) is 0 Å². The number of carboxylic acid groups (broad SMARTS) is 1. The molecule has 0 aromatic heterocycles. The molecular formula is C4H10NNaO2. The molecule has 0 rings (SSSR count). The monoisotopic (exact) mass is 127 g/mol. The summed E-state index contributed by atoms with van der Waals surface area (Å²) < 4.78 is 0. The smallest absolute Gasteiger partial charge is 1.00 e. The predicted molar refractivity (Wildman–Crippen MR) is 27.3 cm³/mol. The van der Waals surface area contributed by atoms with Crippen molar-refractivity contribution in [1.82, 2.24) is 5.32 Å². The summed E-state index contributed by atoms with van der Waals surface area (Å²) in [7, 11) is 1.61. The van der Waals surface area contributed by atoms with Crippen LogP contribution in [0.4, 0.5) is 0 Å². The summed E-state index contributed by atoms with van der Waals surface area (Å²) in [6, 6.07) is -0.431. The van der Waals surface area contributed by atoms with Crippen molar-refractivity contribution in [2.75, 3.05) is 7.05 Å². The van der Waals surface area contributed by atoms with Gasteiger partial charge < -0.3 is 11.8 Å². The van der Waals surface area contributed by atoms with Crippen molar-refractivity contribution in [2.45, 2.75) is 13.0 Å². The summed E-state index contributed by atoms with van der Waals surface area (Å²) >= 11 is 0. The number of hydrogen-bond donors (Lipinski definition) is 2. The maximum atomic E-state index is 9.87. The second kappa shape index (κ2) is 5.56. The Hall–Kier alpha value is 0.430. The Balaban J connectivity index is -0.000000180. The zero-order valence-corrected chi connectivity index (χ0v) is 7.43. The fourth-order valence-electron chi connectivity index (χ4n) is 0.123. The van der Waals surface area contributed by atoms with Crippen molar-refractivity contribution in [1.29, 1.82) is 0 Å². The van der Waals surface area contributed by atoms with Crippen LogP contribution in [0.3, 0.4) is 0 Å². The van der Waals surface area contributed by atoms with Crippen LogP contribution in [-0.2, 0) is 4.79 Å². The van der Waals surface area contributed by atoms with E-state index in [2.05, 4.69) is 5.32 Å². The van der Waals surface area contributed by atoms with Gasteiger partial charge in [0.05, 0.1) is 0 Å². The van der Waals surface area contributed by atoms with E-state index in [0.29, 0.717) is 0 Å². The quantitative estimate of drug-likeness (QED) is 0.384. The summed E-state index contributed by atoms with van der Waals surface area (Å²) in [5.41, 5.74) is 0. The molecule has 0 spiro atoms. The molecule has 0 aliphatic heterocycles.